The fraction of sp³-hybridized carbons (Fsp3) is 0.923. The van der Waals surface area contributed by atoms with Gasteiger partial charge in [-0.2, -0.15) is 0 Å². The first-order valence-electron chi connectivity index (χ1n) is 6.43. The Balaban J connectivity index is 4.08. The van der Waals surface area contributed by atoms with Gasteiger partial charge in [-0.1, -0.05) is 6.92 Å². The van der Waals surface area contributed by atoms with Crippen LogP contribution in [0.2, 0.25) is 0 Å². The van der Waals surface area contributed by atoms with Gasteiger partial charge in [0.2, 0.25) is 5.91 Å². The highest BCUT2D eigenvalue weighted by atomic mass is 16.5. The van der Waals surface area contributed by atoms with Crippen molar-refractivity contribution in [2.24, 2.45) is 0 Å². The van der Waals surface area contributed by atoms with Crippen LogP contribution in [0.3, 0.4) is 0 Å². The Morgan fingerprint density at radius 2 is 1.94 bits per heavy atom. The molecule has 1 amide bonds. The van der Waals surface area contributed by atoms with Gasteiger partial charge in [0.15, 0.2) is 0 Å². The standard InChI is InChI=1S/C13H28N2O3/c1-7-13(3,4)15-12(16)10(2)14-8-11(18-6)9-17-5/h10-11,14H,7-9H2,1-6H3,(H,15,16). The highest BCUT2D eigenvalue weighted by Crippen LogP contribution is 2.06. The Bertz CT molecular complexity index is 244. The van der Waals surface area contributed by atoms with Crippen LogP contribution in [0, 0.1) is 0 Å². The summed E-state index contributed by atoms with van der Waals surface area (Å²) in [6, 6.07) is -0.245. The summed E-state index contributed by atoms with van der Waals surface area (Å²) in [7, 11) is 3.27. The third-order valence-corrected chi connectivity index (χ3v) is 3.08. The predicted octanol–water partition coefficient (Wildman–Crippen LogP) is 0.931. The number of ether oxygens (including phenoxy) is 2. The second kappa shape index (κ2) is 8.45. The van der Waals surface area contributed by atoms with Gasteiger partial charge in [-0.3, -0.25) is 4.79 Å². The van der Waals surface area contributed by atoms with Crippen LogP contribution in [0.5, 0.6) is 0 Å². The third kappa shape index (κ3) is 6.93. The van der Waals surface area contributed by atoms with E-state index in [1.807, 2.05) is 20.8 Å². The van der Waals surface area contributed by atoms with E-state index in [4.69, 9.17) is 9.47 Å². The normalized spacial score (nSPS) is 15.2. The number of amides is 1. The molecule has 108 valence electrons. The molecule has 0 aromatic rings. The smallest absolute Gasteiger partial charge is 0.237 e. The zero-order valence-electron chi connectivity index (χ0n) is 12.5. The third-order valence-electron chi connectivity index (χ3n) is 3.08. The molecule has 2 atom stereocenters. The number of methoxy groups -OCH3 is 2. The molecule has 2 N–H and O–H groups in total. The molecule has 5 nitrogen and oxygen atoms in total. The topological polar surface area (TPSA) is 59.6 Å². The molecule has 0 aliphatic rings. The second-order valence-electron chi connectivity index (χ2n) is 5.17. The first-order valence-corrected chi connectivity index (χ1v) is 6.43. The highest BCUT2D eigenvalue weighted by molar-refractivity contribution is 5.81. The Morgan fingerprint density at radius 3 is 2.39 bits per heavy atom. The van der Waals surface area contributed by atoms with E-state index in [-0.39, 0.29) is 23.6 Å². The van der Waals surface area contributed by atoms with Gasteiger partial charge in [-0.05, 0) is 27.2 Å². The van der Waals surface area contributed by atoms with Crippen LogP contribution < -0.4 is 10.6 Å². The molecule has 2 unspecified atom stereocenters. The average molecular weight is 260 g/mol. The molecule has 0 saturated carbocycles. The van der Waals surface area contributed by atoms with Crippen molar-refractivity contribution in [2.45, 2.75) is 51.8 Å². The van der Waals surface area contributed by atoms with Crippen molar-refractivity contribution in [3.8, 4) is 0 Å². The van der Waals surface area contributed by atoms with Crippen LogP contribution in [0.15, 0.2) is 0 Å². The SMILES string of the molecule is CCC(C)(C)NC(=O)C(C)NCC(COC)OC. The summed E-state index contributed by atoms with van der Waals surface area (Å²) >= 11 is 0. The summed E-state index contributed by atoms with van der Waals surface area (Å²) in [5, 5.41) is 6.15. The Hall–Kier alpha value is -0.650. The maximum absolute atomic E-state index is 11.9. The lowest BCUT2D eigenvalue weighted by Crippen LogP contribution is -2.52. The lowest BCUT2D eigenvalue weighted by Gasteiger charge is -2.27. The zero-order valence-corrected chi connectivity index (χ0v) is 12.5. The molecule has 0 aromatic carbocycles. The van der Waals surface area contributed by atoms with Crippen LogP contribution in [0.4, 0.5) is 0 Å². The van der Waals surface area contributed by atoms with Crippen LogP contribution in [0.25, 0.3) is 0 Å². The van der Waals surface area contributed by atoms with Crippen molar-refractivity contribution in [3.05, 3.63) is 0 Å². The van der Waals surface area contributed by atoms with Crippen molar-refractivity contribution in [3.63, 3.8) is 0 Å². The van der Waals surface area contributed by atoms with E-state index in [0.29, 0.717) is 13.2 Å². The maximum Gasteiger partial charge on any atom is 0.237 e. The van der Waals surface area contributed by atoms with E-state index in [1.54, 1.807) is 14.2 Å². The minimum Gasteiger partial charge on any atom is -0.382 e. The van der Waals surface area contributed by atoms with Gasteiger partial charge < -0.3 is 20.1 Å². The molecule has 5 heteroatoms. The number of hydrogen-bond donors (Lipinski definition) is 2. The number of nitrogens with one attached hydrogen (secondary N) is 2. The van der Waals surface area contributed by atoms with Gasteiger partial charge >= 0.3 is 0 Å². The number of rotatable bonds is 9. The van der Waals surface area contributed by atoms with Gasteiger partial charge in [0.1, 0.15) is 0 Å². The minimum atomic E-state index is -0.245. The van der Waals surface area contributed by atoms with Gasteiger partial charge in [0.05, 0.1) is 18.8 Å². The van der Waals surface area contributed by atoms with E-state index in [9.17, 15) is 4.79 Å². The van der Waals surface area contributed by atoms with Gasteiger partial charge in [-0.25, -0.2) is 0 Å². The Kier molecular flexibility index (Phi) is 8.15. The van der Waals surface area contributed by atoms with E-state index in [1.165, 1.54) is 0 Å². The van der Waals surface area contributed by atoms with Crippen LogP contribution in [0.1, 0.15) is 34.1 Å². The average Bonchev–Trinajstić information content (AvgIpc) is 2.33. The molecular formula is C13H28N2O3. The van der Waals surface area contributed by atoms with Crippen LogP contribution in [-0.2, 0) is 14.3 Å². The van der Waals surface area contributed by atoms with E-state index >= 15 is 0 Å². The molecule has 0 fully saturated rings. The summed E-state index contributed by atoms with van der Waals surface area (Å²) in [5.41, 5.74) is -0.166. The molecule has 0 saturated heterocycles. The fourth-order valence-electron chi connectivity index (χ4n) is 1.33. The lowest BCUT2D eigenvalue weighted by atomic mass is 10.0. The van der Waals surface area contributed by atoms with E-state index in [0.717, 1.165) is 6.42 Å². The second-order valence-corrected chi connectivity index (χ2v) is 5.17. The Labute approximate surface area is 111 Å². The molecular weight excluding hydrogens is 232 g/mol. The molecule has 0 aromatic heterocycles. The van der Waals surface area contributed by atoms with Crippen molar-refractivity contribution >= 4 is 5.91 Å². The Morgan fingerprint density at radius 1 is 1.33 bits per heavy atom. The number of carbonyl (C=O) groups is 1. The largest absolute Gasteiger partial charge is 0.382 e. The molecule has 18 heavy (non-hydrogen) atoms. The molecule has 0 spiro atoms. The molecule has 0 aliphatic heterocycles. The predicted molar refractivity (Wildman–Crippen MR) is 72.7 cm³/mol. The first kappa shape index (κ1) is 17.4. The summed E-state index contributed by atoms with van der Waals surface area (Å²) in [6.07, 6.45) is 0.861. The molecule has 0 rings (SSSR count). The number of hydrogen-bond acceptors (Lipinski definition) is 4. The van der Waals surface area contributed by atoms with Crippen molar-refractivity contribution < 1.29 is 14.3 Å². The minimum absolute atomic E-state index is 0.00844. The number of carbonyl (C=O) groups excluding carboxylic acids is 1. The molecule has 0 bridgehead atoms. The summed E-state index contributed by atoms with van der Waals surface area (Å²) < 4.78 is 10.2. The molecule has 0 heterocycles. The molecule has 0 radical (unpaired) electrons. The van der Waals surface area contributed by atoms with Crippen molar-refractivity contribution in [1.82, 2.24) is 10.6 Å². The monoisotopic (exact) mass is 260 g/mol. The van der Waals surface area contributed by atoms with Gasteiger partial charge in [-0.15, -0.1) is 0 Å². The molecule has 0 aliphatic carbocycles. The quantitative estimate of drug-likeness (QED) is 0.647. The maximum atomic E-state index is 11.9. The zero-order chi connectivity index (χ0) is 14.2. The summed E-state index contributed by atoms with van der Waals surface area (Å²) in [5.74, 6) is 0.00844. The van der Waals surface area contributed by atoms with Gasteiger partial charge in [0, 0.05) is 26.3 Å². The van der Waals surface area contributed by atoms with Crippen molar-refractivity contribution in [2.75, 3.05) is 27.4 Å². The fourth-order valence-corrected chi connectivity index (χ4v) is 1.33. The van der Waals surface area contributed by atoms with E-state index < -0.39 is 0 Å². The van der Waals surface area contributed by atoms with Crippen molar-refractivity contribution in [1.29, 1.82) is 0 Å². The van der Waals surface area contributed by atoms with Crippen LogP contribution in [-0.4, -0.2) is 51.0 Å². The summed E-state index contributed by atoms with van der Waals surface area (Å²) in [6.45, 7) is 9.03. The lowest BCUT2D eigenvalue weighted by molar-refractivity contribution is -0.124. The highest BCUT2D eigenvalue weighted by Gasteiger charge is 2.22. The first-order chi connectivity index (χ1) is 8.36. The summed E-state index contributed by atoms with van der Waals surface area (Å²) in [4.78, 5) is 11.9. The van der Waals surface area contributed by atoms with Crippen LogP contribution >= 0.6 is 0 Å². The van der Waals surface area contributed by atoms with Gasteiger partial charge in [0.25, 0.3) is 0 Å². The van der Waals surface area contributed by atoms with E-state index in [2.05, 4.69) is 17.6 Å².